The Balaban J connectivity index is 2.32. The highest BCUT2D eigenvalue weighted by molar-refractivity contribution is 6.06. The maximum absolute atomic E-state index is 11.9. The van der Waals surface area contributed by atoms with Crippen molar-refractivity contribution < 1.29 is 14.2 Å². The fourth-order valence-corrected chi connectivity index (χ4v) is 1.30. The number of pyridine rings is 1. The highest BCUT2D eigenvalue weighted by Gasteiger charge is 2.22. The molecule has 10 heteroatoms. The van der Waals surface area contributed by atoms with E-state index >= 15 is 0 Å². The third-order valence-corrected chi connectivity index (χ3v) is 2.09. The van der Waals surface area contributed by atoms with Gasteiger partial charge in [-0.05, 0) is 13.0 Å². The van der Waals surface area contributed by atoms with Crippen molar-refractivity contribution in [2.75, 3.05) is 11.1 Å². The Morgan fingerprint density at radius 1 is 1.58 bits per heavy atom. The van der Waals surface area contributed by atoms with Crippen molar-refractivity contribution in [2.45, 2.75) is 6.92 Å². The second-order valence-electron chi connectivity index (χ2n) is 3.48. The largest absolute Gasteiger partial charge is 0.384 e. The number of carbonyl (C=O) groups is 1. The van der Waals surface area contributed by atoms with Crippen LogP contribution in [0.15, 0.2) is 16.8 Å². The molecule has 0 aliphatic rings. The molecule has 2 aromatic heterocycles. The summed E-state index contributed by atoms with van der Waals surface area (Å²) in [6.07, 6.45) is 0.906. The Morgan fingerprint density at radius 3 is 2.89 bits per heavy atom. The molecule has 2 aromatic rings. The van der Waals surface area contributed by atoms with Crippen LogP contribution >= 0.6 is 0 Å². The first-order chi connectivity index (χ1) is 8.97. The van der Waals surface area contributed by atoms with Crippen LogP contribution in [-0.2, 0) is 0 Å². The average Bonchev–Trinajstić information content (AvgIpc) is 2.74. The number of nitro groups is 1. The number of anilines is 2. The van der Waals surface area contributed by atoms with Crippen LogP contribution in [0.3, 0.4) is 0 Å². The van der Waals surface area contributed by atoms with E-state index < -0.39 is 16.5 Å². The van der Waals surface area contributed by atoms with Gasteiger partial charge in [0.15, 0.2) is 5.82 Å². The molecule has 3 N–H and O–H groups in total. The Kier molecular flexibility index (Phi) is 3.06. The van der Waals surface area contributed by atoms with Crippen molar-refractivity contribution in [3.63, 3.8) is 0 Å². The molecule has 2 heterocycles. The number of nitrogens with two attached hydrogens (primary N) is 1. The lowest BCUT2D eigenvalue weighted by Gasteiger charge is -2.02. The van der Waals surface area contributed by atoms with E-state index in [1.165, 1.54) is 0 Å². The number of nitrogen functional groups attached to an aromatic ring is 1. The maximum atomic E-state index is 11.9. The number of carbonyl (C=O) groups excluding carboxylic acids is 1. The summed E-state index contributed by atoms with van der Waals surface area (Å²) < 4.78 is 4.68. The molecule has 2 rings (SSSR count). The van der Waals surface area contributed by atoms with Crippen molar-refractivity contribution in [1.82, 2.24) is 15.1 Å². The Labute approximate surface area is 105 Å². The van der Waals surface area contributed by atoms with Gasteiger partial charge in [-0.2, -0.15) is 4.98 Å². The number of aryl methyl sites for hydroxylation is 1. The topological polar surface area (TPSA) is 150 Å². The van der Waals surface area contributed by atoms with E-state index in [0.29, 0.717) is 5.82 Å². The first-order valence-electron chi connectivity index (χ1n) is 4.99. The molecule has 0 aliphatic carbocycles. The minimum atomic E-state index is -0.788. The molecular formula is C9H8N6O4. The summed E-state index contributed by atoms with van der Waals surface area (Å²) in [4.78, 5) is 29.2. The van der Waals surface area contributed by atoms with Crippen molar-refractivity contribution in [3.8, 4) is 0 Å². The number of hydrogen-bond donors (Lipinski definition) is 2. The first kappa shape index (κ1) is 12.4. The molecule has 0 aromatic carbocycles. The summed E-state index contributed by atoms with van der Waals surface area (Å²) in [5.74, 6) is -0.485. The van der Waals surface area contributed by atoms with E-state index in [0.717, 1.165) is 12.3 Å². The SMILES string of the molecule is Cc1noc(NC(=O)c2cc(N)ncc2[N+](=O)[O-])n1. The second kappa shape index (κ2) is 4.68. The predicted molar refractivity (Wildman–Crippen MR) is 62.3 cm³/mol. The van der Waals surface area contributed by atoms with E-state index in [-0.39, 0.29) is 17.4 Å². The molecule has 10 nitrogen and oxygen atoms in total. The van der Waals surface area contributed by atoms with Crippen LogP contribution in [0, 0.1) is 17.0 Å². The van der Waals surface area contributed by atoms with Crippen molar-refractivity contribution in [2.24, 2.45) is 0 Å². The lowest BCUT2D eigenvalue weighted by atomic mass is 10.2. The van der Waals surface area contributed by atoms with Crippen LogP contribution in [0.1, 0.15) is 16.2 Å². The fourth-order valence-electron chi connectivity index (χ4n) is 1.30. The number of hydrogen-bond acceptors (Lipinski definition) is 8. The molecule has 0 unspecified atom stereocenters. The molecule has 0 atom stereocenters. The van der Waals surface area contributed by atoms with Crippen LogP contribution in [0.2, 0.25) is 0 Å². The van der Waals surface area contributed by atoms with Gasteiger partial charge in [-0.1, -0.05) is 5.16 Å². The number of amides is 1. The third-order valence-electron chi connectivity index (χ3n) is 2.09. The Bertz CT molecular complexity index is 652. The van der Waals surface area contributed by atoms with Crippen LogP contribution < -0.4 is 11.1 Å². The van der Waals surface area contributed by atoms with Crippen LogP contribution in [-0.4, -0.2) is 26.0 Å². The molecule has 0 saturated heterocycles. The highest BCUT2D eigenvalue weighted by Crippen LogP contribution is 2.20. The van der Waals surface area contributed by atoms with Gasteiger partial charge in [-0.25, -0.2) is 4.98 Å². The van der Waals surface area contributed by atoms with Gasteiger partial charge < -0.3 is 10.3 Å². The van der Waals surface area contributed by atoms with E-state index in [2.05, 4.69) is 25.0 Å². The molecule has 0 fully saturated rings. The van der Waals surface area contributed by atoms with Gasteiger partial charge in [0.1, 0.15) is 17.6 Å². The molecule has 19 heavy (non-hydrogen) atoms. The Morgan fingerprint density at radius 2 is 2.32 bits per heavy atom. The standard InChI is InChI=1S/C9H8N6O4/c1-4-12-9(19-14-4)13-8(16)5-2-7(10)11-3-6(5)15(17)18/h2-3H,1H3,(H2,10,11)(H,12,13,14,16). The van der Waals surface area contributed by atoms with Gasteiger partial charge in [0.25, 0.3) is 11.6 Å². The summed E-state index contributed by atoms with van der Waals surface area (Å²) in [6.45, 7) is 1.56. The second-order valence-corrected chi connectivity index (χ2v) is 3.48. The van der Waals surface area contributed by atoms with Crippen molar-refractivity contribution in [3.05, 3.63) is 33.8 Å². The zero-order valence-corrected chi connectivity index (χ0v) is 9.65. The van der Waals surface area contributed by atoms with E-state index in [1.807, 2.05) is 0 Å². The molecule has 98 valence electrons. The predicted octanol–water partition coefficient (Wildman–Crippen LogP) is 0.516. The van der Waals surface area contributed by atoms with Crippen LogP contribution in [0.4, 0.5) is 17.5 Å². The molecule has 0 radical (unpaired) electrons. The third kappa shape index (κ3) is 2.62. The minimum Gasteiger partial charge on any atom is -0.384 e. The fraction of sp³-hybridized carbons (Fsp3) is 0.111. The average molecular weight is 264 g/mol. The summed E-state index contributed by atoms with van der Waals surface area (Å²) in [7, 11) is 0. The van der Waals surface area contributed by atoms with Crippen LogP contribution in [0.25, 0.3) is 0 Å². The molecule has 1 amide bonds. The van der Waals surface area contributed by atoms with Crippen molar-refractivity contribution >= 4 is 23.4 Å². The van der Waals surface area contributed by atoms with Gasteiger partial charge in [0, 0.05) is 0 Å². The molecular weight excluding hydrogens is 256 g/mol. The summed E-state index contributed by atoms with van der Waals surface area (Å²) in [6, 6.07) is 0.934. The van der Waals surface area contributed by atoms with Gasteiger partial charge in [0.05, 0.1) is 4.92 Å². The summed E-state index contributed by atoms with van der Waals surface area (Å²) in [5, 5.41) is 16.5. The normalized spacial score (nSPS) is 10.2. The Hall–Kier alpha value is -3.04. The highest BCUT2D eigenvalue weighted by atomic mass is 16.6. The number of aromatic nitrogens is 3. The minimum absolute atomic E-state index is 0.0162. The van der Waals surface area contributed by atoms with Gasteiger partial charge in [0.2, 0.25) is 0 Å². The van der Waals surface area contributed by atoms with E-state index in [1.54, 1.807) is 6.92 Å². The summed E-state index contributed by atoms with van der Waals surface area (Å²) >= 11 is 0. The van der Waals surface area contributed by atoms with E-state index in [4.69, 9.17) is 5.73 Å². The molecule has 0 aliphatic heterocycles. The lowest BCUT2D eigenvalue weighted by Crippen LogP contribution is -2.15. The zero-order valence-electron chi connectivity index (χ0n) is 9.65. The smallest absolute Gasteiger partial charge is 0.328 e. The van der Waals surface area contributed by atoms with Gasteiger partial charge >= 0.3 is 6.01 Å². The maximum Gasteiger partial charge on any atom is 0.328 e. The number of rotatable bonds is 3. The van der Waals surface area contributed by atoms with Crippen molar-refractivity contribution in [1.29, 1.82) is 0 Å². The summed E-state index contributed by atoms with van der Waals surface area (Å²) in [5.41, 5.74) is 4.69. The molecule has 0 spiro atoms. The first-order valence-corrected chi connectivity index (χ1v) is 4.99. The van der Waals surface area contributed by atoms with Crippen LogP contribution in [0.5, 0.6) is 0 Å². The number of nitrogens with zero attached hydrogens (tertiary/aromatic N) is 4. The molecule has 0 saturated carbocycles. The van der Waals surface area contributed by atoms with Gasteiger partial charge in [-0.15, -0.1) is 0 Å². The molecule has 0 bridgehead atoms. The van der Waals surface area contributed by atoms with E-state index in [9.17, 15) is 14.9 Å². The zero-order chi connectivity index (χ0) is 14.0. The van der Waals surface area contributed by atoms with Gasteiger partial charge in [-0.3, -0.25) is 20.2 Å². The monoisotopic (exact) mass is 264 g/mol. The number of nitrogens with one attached hydrogen (secondary N) is 1. The lowest BCUT2D eigenvalue weighted by molar-refractivity contribution is -0.385. The quantitative estimate of drug-likeness (QED) is 0.601.